The van der Waals surface area contributed by atoms with E-state index in [1.807, 2.05) is 0 Å². The number of rotatable bonds is 0. The summed E-state index contributed by atoms with van der Waals surface area (Å²) >= 11 is 0. The molecule has 0 atom stereocenters. The fraction of sp³-hybridized carbons (Fsp3) is 0.833. The van der Waals surface area contributed by atoms with Gasteiger partial charge in [0.15, 0.2) is 0 Å². The van der Waals surface area contributed by atoms with Crippen molar-refractivity contribution in [1.29, 1.82) is 0 Å². The van der Waals surface area contributed by atoms with Crippen molar-refractivity contribution in [3.05, 3.63) is 11.6 Å². The van der Waals surface area contributed by atoms with Gasteiger partial charge in [-0.3, -0.25) is 4.79 Å². The lowest BCUT2D eigenvalue weighted by molar-refractivity contribution is -0.118. The molecule has 0 fully saturated rings. The van der Waals surface area contributed by atoms with Crippen molar-refractivity contribution < 1.29 is 4.79 Å². The van der Waals surface area contributed by atoms with Gasteiger partial charge >= 0.3 is 0 Å². The van der Waals surface area contributed by atoms with Gasteiger partial charge < -0.3 is 0 Å². The number of carbonyl (C=O) groups is 1. The summed E-state index contributed by atoms with van der Waals surface area (Å²) in [4.78, 5) is 11.8. The molecule has 0 unspecified atom stereocenters. The van der Waals surface area contributed by atoms with Gasteiger partial charge in [0.2, 0.25) is 0 Å². The van der Waals surface area contributed by atoms with Gasteiger partial charge in [-0.15, -0.1) is 0 Å². The van der Waals surface area contributed by atoms with Crippen molar-refractivity contribution in [1.82, 2.24) is 0 Å². The smallest absolute Gasteiger partial charge is 0.136 e. The van der Waals surface area contributed by atoms with Crippen LogP contribution in [0, 0.1) is 0 Å². The van der Waals surface area contributed by atoms with E-state index in [1.54, 1.807) is 0 Å². The summed E-state index contributed by atoms with van der Waals surface area (Å²) in [6.45, 7) is 2.12. The van der Waals surface area contributed by atoms with E-state index in [-0.39, 0.29) is 0 Å². The molecule has 1 nitrogen and oxygen atoms in total. The minimum Gasteiger partial charge on any atom is -0.299 e. The zero-order chi connectivity index (χ0) is 13.8. The maximum absolute atomic E-state index is 11.8. The fourth-order valence-corrected chi connectivity index (χ4v) is 2.88. The molecule has 110 valence electrons. The van der Waals surface area contributed by atoms with Crippen LogP contribution in [-0.2, 0) is 4.79 Å². The summed E-state index contributed by atoms with van der Waals surface area (Å²) < 4.78 is 0. The van der Waals surface area contributed by atoms with Crippen LogP contribution < -0.4 is 0 Å². The molecule has 1 aliphatic carbocycles. The first kappa shape index (κ1) is 16.5. The summed E-state index contributed by atoms with van der Waals surface area (Å²) in [6.07, 6.45) is 19.7. The normalized spacial score (nSPS) is 25.3. The maximum Gasteiger partial charge on any atom is 0.136 e. The predicted molar refractivity (Wildman–Crippen MR) is 83.4 cm³/mol. The van der Waals surface area contributed by atoms with E-state index in [0.717, 1.165) is 12.8 Å². The fourth-order valence-electron chi connectivity index (χ4n) is 2.88. The first-order valence-electron chi connectivity index (χ1n) is 8.46. The number of ketones is 1. The lowest BCUT2D eigenvalue weighted by Crippen LogP contribution is -1.98. The van der Waals surface area contributed by atoms with Crippen LogP contribution in [0.4, 0.5) is 0 Å². The second-order valence-electron chi connectivity index (χ2n) is 6.19. The van der Waals surface area contributed by atoms with Crippen LogP contribution in [0.2, 0.25) is 0 Å². The van der Waals surface area contributed by atoms with E-state index in [9.17, 15) is 4.79 Å². The lowest BCUT2D eigenvalue weighted by Gasteiger charge is -2.02. The Kier molecular flexibility index (Phi) is 9.75. The average molecular weight is 264 g/mol. The number of allylic oxidation sites excluding steroid dienone is 2. The first-order valence-corrected chi connectivity index (χ1v) is 8.46. The standard InChI is InChI=1S/C18H32O/c1-17-14-12-10-8-6-4-2-3-5-7-9-11-13-15-18(19)16-17/h14H,2-13,15-16H2,1H3/b17-14-. The van der Waals surface area contributed by atoms with E-state index < -0.39 is 0 Å². The van der Waals surface area contributed by atoms with Crippen molar-refractivity contribution in [3.63, 3.8) is 0 Å². The van der Waals surface area contributed by atoms with Crippen LogP contribution in [0.1, 0.15) is 96.8 Å². The Morgan fingerprint density at radius 3 is 1.79 bits per heavy atom. The van der Waals surface area contributed by atoms with E-state index >= 15 is 0 Å². The van der Waals surface area contributed by atoms with Gasteiger partial charge in [0.1, 0.15) is 5.78 Å². The summed E-state index contributed by atoms with van der Waals surface area (Å²) in [7, 11) is 0. The van der Waals surface area contributed by atoms with Crippen molar-refractivity contribution in [3.8, 4) is 0 Å². The third-order valence-corrected chi connectivity index (χ3v) is 4.13. The van der Waals surface area contributed by atoms with E-state index in [1.165, 1.54) is 76.2 Å². The molecule has 0 bridgehead atoms. The zero-order valence-corrected chi connectivity index (χ0v) is 12.9. The summed E-state index contributed by atoms with van der Waals surface area (Å²) in [5, 5.41) is 0. The molecule has 0 amide bonds. The van der Waals surface area contributed by atoms with E-state index in [4.69, 9.17) is 0 Å². The summed E-state index contributed by atoms with van der Waals surface area (Å²) in [5.74, 6) is 0.443. The second kappa shape index (κ2) is 11.3. The lowest BCUT2D eigenvalue weighted by atomic mass is 10.0. The highest BCUT2D eigenvalue weighted by molar-refractivity contribution is 5.80. The Morgan fingerprint density at radius 1 is 0.737 bits per heavy atom. The van der Waals surface area contributed by atoms with Gasteiger partial charge in [0, 0.05) is 12.8 Å². The third kappa shape index (κ3) is 9.92. The minimum atomic E-state index is 0.443. The molecule has 0 saturated carbocycles. The van der Waals surface area contributed by atoms with Crippen LogP contribution in [0.3, 0.4) is 0 Å². The Bertz CT molecular complexity index is 265. The first-order chi connectivity index (χ1) is 9.29. The van der Waals surface area contributed by atoms with Gasteiger partial charge in [0.05, 0.1) is 0 Å². The van der Waals surface area contributed by atoms with Gasteiger partial charge in [-0.05, 0) is 26.2 Å². The van der Waals surface area contributed by atoms with Crippen LogP contribution in [0.15, 0.2) is 11.6 Å². The highest BCUT2D eigenvalue weighted by Gasteiger charge is 2.03. The number of Topliss-reactive ketones (excluding diaryl/α,β-unsaturated/α-hetero) is 1. The van der Waals surface area contributed by atoms with Gasteiger partial charge in [-0.2, -0.15) is 0 Å². The van der Waals surface area contributed by atoms with Crippen molar-refractivity contribution >= 4 is 5.78 Å². The molecule has 1 heteroatoms. The van der Waals surface area contributed by atoms with Crippen LogP contribution in [0.25, 0.3) is 0 Å². The molecular weight excluding hydrogens is 232 g/mol. The van der Waals surface area contributed by atoms with Crippen molar-refractivity contribution in [2.75, 3.05) is 0 Å². The Hall–Kier alpha value is -0.590. The third-order valence-electron chi connectivity index (χ3n) is 4.13. The van der Waals surface area contributed by atoms with Crippen LogP contribution in [0.5, 0.6) is 0 Å². The molecule has 0 radical (unpaired) electrons. The monoisotopic (exact) mass is 264 g/mol. The van der Waals surface area contributed by atoms with Gasteiger partial charge in [0.25, 0.3) is 0 Å². The maximum atomic E-state index is 11.8. The van der Waals surface area contributed by atoms with Crippen LogP contribution >= 0.6 is 0 Å². The Labute approximate surface area is 119 Å². The molecule has 0 aromatic rings. The van der Waals surface area contributed by atoms with Gasteiger partial charge in [-0.25, -0.2) is 0 Å². The van der Waals surface area contributed by atoms with Crippen molar-refractivity contribution in [2.24, 2.45) is 0 Å². The SMILES string of the molecule is C/C1=C/CCCCCCCCCCCCCC(=O)C1. The molecule has 1 rings (SSSR count). The number of carbonyl (C=O) groups excluding carboxylic acids is 1. The molecule has 0 saturated heterocycles. The minimum absolute atomic E-state index is 0.443. The predicted octanol–water partition coefficient (Wildman–Crippen LogP) is 5.98. The second-order valence-corrected chi connectivity index (χ2v) is 6.19. The van der Waals surface area contributed by atoms with Gasteiger partial charge in [-0.1, -0.05) is 69.4 Å². The van der Waals surface area contributed by atoms with Crippen molar-refractivity contribution in [2.45, 2.75) is 96.8 Å². The number of hydrogen-bond acceptors (Lipinski definition) is 1. The number of hydrogen-bond donors (Lipinski definition) is 0. The zero-order valence-electron chi connectivity index (χ0n) is 12.9. The molecule has 19 heavy (non-hydrogen) atoms. The summed E-state index contributed by atoms with van der Waals surface area (Å²) in [6, 6.07) is 0. The Morgan fingerprint density at radius 2 is 1.21 bits per heavy atom. The Balaban J connectivity index is 2.29. The topological polar surface area (TPSA) is 17.1 Å². The summed E-state index contributed by atoms with van der Waals surface area (Å²) in [5.41, 5.74) is 1.29. The average Bonchev–Trinajstić information content (AvgIpc) is 2.38. The molecule has 0 heterocycles. The van der Waals surface area contributed by atoms with E-state index in [2.05, 4.69) is 13.0 Å². The largest absolute Gasteiger partial charge is 0.299 e. The highest BCUT2D eigenvalue weighted by atomic mass is 16.1. The van der Waals surface area contributed by atoms with E-state index in [0.29, 0.717) is 12.2 Å². The molecule has 0 aromatic carbocycles. The molecule has 0 spiro atoms. The molecule has 1 aliphatic rings. The molecule has 0 aliphatic heterocycles. The van der Waals surface area contributed by atoms with Crippen LogP contribution in [-0.4, -0.2) is 5.78 Å². The molecular formula is C18H32O. The highest BCUT2D eigenvalue weighted by Crippen LogP contribution is 2.15. The molecule has 0 aromatic heterocycles. The quantitative estimate of drug-likeness (QED) is 0.492. The molecule has 0 N–H and O–H groups in total.